The zero-order valence-electron chi connectivity index (χ0n) is 19.9. The molecule has 1 heterocycles. The number of likely N-dealkylation sites (N-methyl/N-ethyl adjacent to an activating group) is 1. The van der Waals surface area contributed by atoms with Crippen molar-refractivity contribution in [2.45, 2.75) is 44.1 Å². The molecule has 0 aliphatic carbocycles. The molecule has 2 aromatic rings. The summed E-state index contributed by atoms with van der Waals surface area (Å²) in [7, 11) is 1.79. The summed E-state index contributed by atoms with van der Waals surface area (Å²) in [5.41, 5.74) is 7.30. The number of hydrogen-bond acceptors (Lipinski definition) is 4. The van der Waals surface area contributed by atoms with E-state index in [0.717, 1.165) is 56.4 Å². The second-order valence-corrected chi connectivity index (χ2v) is 9.05. The van der Waals surface area contributed by atoms with Crippen molar-refractivity contribution in [2.24, 2.45) is 11.7 Å². The van der Waals surface area contributed by atoms with Gasteiger partial charge in [0.15, 0.2) is 0 Å². The fraction of sp³-hybridized carbons (Fsp3) is 0.481. The quantitative estimate of drug-likeness (QED) is 0.434. The smallest absolute Gasteiger partial charge is 0.236 e. The zero-order valence-corrected chi connectivity index (χ0v) is 19.9. The van der Waals surface area contributed by atoms with Crippen molar-refractivity contribution in [1.82, 2.24) is 15.5 Å². The molecular formula is C27H38N4O2. The maximum Gasteiger partial charge on any atom is 0.236 e. The Morgan fingerprint density at radius 2 is 1.64 bits per heavy atom. The summed E-state index contributed by atoms with van der Waals surface area (Å²) in [5, 5.41) is 5.92. The van der Waals surface area contributed by atoms with Crippen LogP contribution < -0.4 is 16.4 Å². The minimum absolute atomic E-state index is 0.0458. The van der Waals surface area contributed by atoms with Gasteiger partial charge in [-0.3, -0.25) is 9.59 Å². The second-order valence-electron chi connectivity index (χ2n) is 9.05. The minimum Gasteiger partial charge on any atom is -0.369 e. The number of nitrogens with two attached hydrogens (primary N) is 1. The van der Waals surface area contributed by atoms with Gasteiger partial charge < -0.3 is 21.3 Å². The van der Waals surface area contributed by atoms with Gasteiger partial charge in [0.05, 0.1) is 6.04 Å². The van der Waals surface area contributed by atoms with E-state index in [4.69, 9.17) is 5.73 Å². The van der Waals surface area contributed by atoms with Crippen LogP contribution in [0.3, 0.4) is 0 Å². The maximum absolute atomic E-state index is 13.1. The molecule has 2 aromatic carbocycles. The second kappa shape index (κ2) is 12.0. The lowest BCUT2D eigenvalue weighted by Gasteiger charge is -2.37. The van der Waals surface area contributed by atoms with Gasteiger partial charge >= 0.3 is 0 Å². The maximum atomic E-state index is 13.1. The summed E-state index contributed by atoms with van der Waals surface area (Å²) in [6, 6.07) is 19.9. The zero-order chi connectivity index (χ0) is 23.7. The average Bonchev–Trinajstić information content (AvgIpc) is 3.31. The summed E-state index contributed by atoms with van der Waals surface area (Å²) in [6.07, 6.45) is 4.04. The SMILES string of the molecule is CNC(C)C(=O)NCCCCCN1CC[C@@H](C(C(N)=O)(c2ccccc2)c2ccccc2)C1. The predicted molar refractivity (Wildman–Crippen MR) is 133 cm³/mol. The highest BCUT2D eigenvalue weighted by atomic mass is 16.2. The van der Waals surface area contributed by atoms with Gasteiger partial charge in [0, 0.05) is 13.1 Å². The molecule has 1 fully saturated rings. The van der Waals surface area contributed by atoms with Gasteiger partial charge in [0.25, 0.3) is 0 Å². The van der Waals surface area contributed by atoms with Crippen molar-refractivity contribution < 1.29 is 9.59 Å². The van der Waals surface area contributed by atoms with Crippen LogP contribution in [0.5, 0.6) is 0 Å². The molecule has 0 bridgehead atoms. The fourth-order valence-electron chi connectivity index (χ4n) is 5.05. The lowest BCUT2D eigenvalue weighted by molar-refractivity contribution is -0.124. The van der Waals surface area contributed by atoms with E-state index in [-0.39, 0.29) is 23.8 Å². The van der Waals surface area contributed by atoms with Crippen LogP contribution >= 0.6 is 0 Å². The summed E-state index contributed by atoms with van der Waals surface area (Å²) >= 11 is 0. The molecule has 6 heteroatoms. The van der Waals surface area contributed by atoms with E-state index < -0.39 is 5.41 Å². The van der Waals surface area contributed by atoms with Gasteiger partial charge in [0.1, 0.15) is 5.41 Å². The van der Waals surface area contributed by atoms with Crippen molar-refractivity contribution in [3.8, 4) is 0 Å². The third-order valence-corrected chi connectivity index (χ3v) is 7.01. The van der Waals surface area contributed by atoms with Gasteiger partial charge in [0.2, 0.25) is 11.8 Å². The largest absolute Gasteiger partial charge is 0.369 e. The van der Waals surface area contributed by atoms with Crippen molar-refractivity contribution in [3.63, 3.8) is 0 Å². The van der Waals surface area contributed by atoms with Crippen LogP contribution in [-0.2, 0) is 15.0 Å². The molecule has 0 saturated carbocycles. The van der Waals surface area contributed by atoms with E-state index in [0.29, 0.717) is 6.54 Å². The van der Waals surface area contributed by atoms with E-state index in [9.17, 15) is 9.59 Å². The Kier molecular flexibility index (Phi) is 9.03. The standard InChI is InChI=1S/C27H38N4O2/c1-21(29-2)25(32)30-17-10-5-11-18-31-19-16-24(20-31)27(26(28)33,22-12-6-3-7-13-22)23-14-8-4-9-15-23/h3-4,6-9,12-15,21,24,29H,5,10-11,16-20H2,1-2H3,(H2,28,33)(H,30,32)/t21?,24-/m1/s1. The van der Waals surface area contributed by atoms with Crippen molar-refractivity contribution >= 4 is 11.8 Å². The first-order valence-electron chi connectivity index (χ1n) is 12.1. The molecule has 4 N–H and O–H groups in total. The van der Waals surface area contributed by atoms with Crippen LogP contribution in [0.4, 0.5) is 0 Å². The van der Waals surface area contributed by atoms with Gasteiger partial charge in [-0.1, -0.05) is 67.1 Å². The van der Waals surface area contributed by atoms with E-state index in [1.54, 1.807) is 7.05 Å². The van der Waals surface area contributed by atoms with Crippen molar-refractivity contribution in [3.05, 3.63) is 71.8 Å². The lowest BCUT2D eigenvalue weighted by atomic mass is 9.64. The lowest BCUT2D eigenvalue weighted by Crippen LogP contribution is -2.49. The Balaban J connectivity index is 1.61. The summed E-state index contributed by atoms with van der Waals surface area (Å²) in [6.45, 7) is 5.38. The molecule has 178 valence electrons. The fourth-order valence-corrected chi connectivity index (χ4v) is 5.05. The molecule has 0 radical (unpaired) electrons. The summed E-state index contributed by atoms with van der Waals surface area (Å²) in [4.78, 5) is 27.4. The number of nitrogens with one attached hydrogen (secondary N) is 2. The van der Waals surface area contributed by atoms with Crippen LogP contribution in [0.1, 0.15) is 43.7 Å². The number of primary amides is 1. The summed E-state index contributed by atoms with van der Waals surface area (Å²) in [5.74, 6) is -0.107. The monoisotopic (exact) mass is 450 g/mol. The van der Waals surface area contributed by atoms with Gasteiger partial charge in [-0.15, -0.1) is 0 Å². The van der Waals surface area contributed by atoms with Crippen LogP contribution in [-0.4, -0.2) is 56.0 Å². The number of unbranched alkanes of at least 4 members (excludes halogenated alkanes) is 2. The number of carbonyl (C=O) groups is 2. The summed E-state index contributed by atoms with van der Waals surface area (Å²) < 4.78 is 0. The van der Waals surface area contributed by atoms with Crippen LogP contribution in [0.2, 0.25) is 0 Å². The first-order valence-corrected chi connectivity index (χ1v) is 12.1. The molecule has 1 aliphatic heterocycles. The topological polar surface area (TPSA) is 87.5 Å². The molecule has 33 heavy (non-hydrogen) atoms. The van der Waals surface area contributed by atoms with E-state index in [1.165, 1.54) is 0 Å². The van der Waals surface area contributed by atoms with Gasteiger partial charge in [-0.25, -0.2) is 0 Å². The highest BCUT2D eigenvalue weighted by Gasteiger charge is 2.49. The van der Waals surface area contributed by atoms with E-state index >= 15 is 0 Å². The molecule has 1 saturated heterocycles. The van der Waals surface area contributed by atoms with Crippen LogP contribution in [0.15, 0.2) is 60.7 Å². The third-order valence-electron chi connectivity index (χ3n) is 7.01. The van der Waals surface area contributed by atoms with Crippen LogP contribution in [0.25, 0.3) is 0 Å². The van der Waals surface area contributed by atoms with E-state index in [1.807, 2.05) is 67.6 Å². The highest BCUT2D eigenvalue weighted by Crippen LogP contribution is 2.43. The average molecular weight is 451 g/mol. The molecule has 6 nitrogen and oxygen atoms in total. The minimum atomic E-state index is -0.828. The van der Waals surface area contributed by atoms with Crippen molar-refractivity contribution in [1.29, 1.82) is 0 Å². The molecule has 2 atom stereocenters. The number of amides is 2. The molecular weight excluding hydrogens is 412 g/mol. The number of rotatable bonds is 12. The van der Waals surface area contributed by atoms with Crippen LogP contribution in [0, 0.1) is 5.92 Å². The predicted octanol–water partition coefficient (Wildman–Crippen LogP) is 2.67. The molecule has 1 aliphatic rings. The third kappa shape index (κ3) is 5.81. The molecule has 1 unspecified atom stereocenters. The van der Waals surface area contributed by atoms with Gasteiger partial charge in [-0.05, 0) is 63.4 Å². The Labute approximate surface area is 197 Å². The molecule has 0 spiro atoms. The first-order chi connectivity index (χ1) is 16.0. The first kappa shape index (κ1) is 24.9. The number of carbonyl (C=O) groups excluding carboxylic acids is 2. The number of likely N-dealkylation sites (tertiary alicyclic amines) is 1. The normalized spacial score (nSPS) is 17.6. The Morgan fingerprint density at radius 3 is 2.18 bits per heavy atom. The van der Waals surface area contributed by atoms with Gasteiger partial charge in [-0.2, -0.15) is 0 Å². The number of nitrogens with zero attached hydrogens (tertiary/aromatic N) is 1. The molecule has 2 amide bonds. The highest BCUT2D eigenvalue weighted by molar-refractivity contribution is 5.91. The number of hydrogen-bond donors (Lipinski definition) is 3. The molecule has 3 rings (SSSR count). The Morgan fingerprint density at radius 1 is 1.03 bits per heavy atom. The molecule has 0 aromatic heterocycles. The Hall–Kier alpha value is -2.70. The Bertz CT molecular complexity index is 848. The van der Waals surface area contributed by atoms with E-state index in [2.05, 4.69) is 15.5 Å². The number of benzene rings is 2. The van der Waals surface area contributed by atoms with Crippen molar-refractivity contribution in [2.75, 3.05) is 33.2 Å².